The highest BCUT2D eigenvalue weighted by molar-refractivity contribution is 5.41. The molecule has 0 aromatic carbocycles. The summed E-state index contributed by atoms with van der Waals surface area (Å²) >= 11 is 0. The molecule has 0 unspecified atom stereocenters. The van der Waals surface area contributed by atoms with Gasteiger partial charge >= 0.3 is 0 Å². The van der Waals surface area contributed by atoms with Gasteiger partial charge in [-0.15, -0.1) is 0 Å². The topological polar surface area (TPSA) is 43.8 Å². The number of rotatable bonds is 5. The lowest BCUT2D eigenvalue weighted by Gasteiger charge is -2.13. The average molecular weight is 263 g/mol. The molecule has 3 nitrogen and oxygen atoms in total. The molecule has 3 heteroatoms. The molecule has 1 saturated carbocycles. The van der Waals surface area contributed by atoms with E-state index in [0.29, 0.717) is 5.92 Å². The third-order valence-corrected chi connectivity index (χ3v) is 4.41. The Balaban J connectivity index is 2.21. The first-order valence-corrected chi connectivity index (χ1v) is 8.12. The summed E-state index contributed by atoms with van der Waals surface area (Å²) in [5.74, 6) is 2.75. The number of aromatic nitrogens is 2. The zero-order valence-corrected chi connectivity index (χ0v) is 12.6. The Kier molecular flexibility index (Phi) is 5.29. The third-order valence-electron chi connectivity index (χ3n) is 4.41. The van der Waals surface area contributed by atoms with Crippen LogP contribution < -0.4 is 5.73 Å². The zero-order valence-electron chi connectivity index (χ0n) is 12.6. The molecule has 1 aliphatic carbocycles. The van der Waals surface area contributed by atoms with Crippen LogP contribution in [0.25, 0.3) is 0 Å². The van der Waals surface area contributed by atoms with Crippen LogP contribution in [0.1, 0.15) is 82.7 Å². The molecule has 0 amide bonds. The number of unbranched alkanes of at least 4 members (excludes halogenated alkanes) is 1. The van der Waals surface area contributed by atoms with Crippen molar-refractivity contribution in [1.82, 2.24) is 9.55 Å². The molecule has 0 radical (unpaired) electrons. The standard InChI is InChI=1S/C16H29N3/c1-3-5-12-19-14(4-2)18-15(16(19)17)13-10-8-6-7-9-11-13/h13H,3-12,17H2,1-2H3. The van der Waals surface area contributed by atoms with Gasteiger partial charge in [0, 0.05) is 18.9 Å². The summed E-state index contributed by atoms with van der Waals surface area (Å²) in [7, 11) is 0. The van der Waals surface area contributed by atoms with Crippen LogP contribution in [0.15, 0.2) is 0 Å². The van der Waals surface area contributed by atoms with E-state index < -0.39 is 0 Å². The molecular weight excluding hydrogens is 234 g/mol. The Bertz CT molecular complexity index is 387. The van der Waals surface area contributed by atoms with Crippen molar-refractivity contribution in [3.05, 3.63) is 11.5 Å². The van der Waals surface area contributed by atoms with Gasteiger partial charge in [0.1, 0.15) is 11.6 Å². The highest BCUT2D eigenvalue weighted by Crippen LogP contribution is 2.34. The van der Waals surface area contributed by atoms with Crippen LogP contribution in [0.4, 0.5) is 5.82 Å². The predicted octanol–water partition coefficient (Wildman–Crippen LogP) is 4.27. The average Bonchev–Trinajstić information content (AvgIpc) is 2.61. The quantitative estimate of drug-likeness (QED) is 0.806. The molecule has 1 fully saturated rings. The normalized spacial score (nSPS) is 17.6. The molecule has 0 spiro atoms. The fourth-order valence-electron chi connectivity index (χ4n) is 3.22. The van der Waals surface area contributed by atoms with E-state index in [9.17, 15) is 0 Å². The predicted molar refractivity (Wildman–Crippen MR) is 81.4 cm³/mol. The first kappa shape index (κ1) is 14.4. The van der Waals surface area contributed by atoms with Crippen LogP contribution in [0.3, 0.4) is 0 Å². The number of nitrogens with zero attached hydrogens (tertiary/aromatic N) is 2. The van der Waals surface area contributed by atoms with Crippen LogP contribution in [-0.2, 0) is 13.0 Å². The first-order chi connectivity index (χ1) is 9.27. The van der Waals surface area contributed by atoms with Gasteiger partial charge in [-0.05, 0) is 19.3 Å². The SMILES string of the molecule is CCCCn1c(CC)nc(C2CCCCCC2)c1N. The second-order valence-electron chi connectivity index (χ2n) is 5.85. The van der Waals surface area contributed by atoms with Crippen molar-refractivity contribution in [1.29, 1.82) is 0 Å². The zero-order chi connectivity index (χ0) is 13.7. The summed E-state index contributed by atoms with van der Waals surface area (Å²) in [5, 5.41) is 0. The van der Waals surface area contributed by atoms with E-state index in [1.165, 1.54) is 62.9 Å². The fourth-order valence-corrected chi connectivity index (χ4v) is 3.22. The Labute approximate surface area is 117 Å². The molecule has 2 N–H and O–H groups in total. The summed E-state index contributed by atoms with van der Waals surface area (Å²) in [6.07, 6.45) is 11.4. The molecule has 1 aliphatic rings. The molecule has 1 aromatic rings. The minimum atomic E-state index is 0.607. The highest BCUT2D eigenvalue weighted by Gasteiger charge is 2.22. The summed E-state index contributed by atoms with van der Waals surface area (Å²) in [6.45, 7) is 5.44. The lowest BCUT2D eigenvalue weighted by atomic mass is 9.96. The Morgan fingerprint density at radius 1 is 1.16 bits per heavy atom. The summed E-state index contributed by atoms with van der Waals surface area (Å²) < 4.78 is 2.27. The van der Waals surface area contributed by atoms with Crippen LogP contribution in [-0.4, -0.2) is 9.55 Å². The van der Waals surface area contributed by atoms with Crippen LogP contribution >= 0.6 is 0 Å². The van der Waals surface area contributed by atoms with Crippen molar-refractivity contribution in [2.24, 2.45) is 0 Å². The molecule has 0 atom stereocenters. The first-order valence-electron chi connectivity index (χ1n) is 8.12. The Hall–Kier alpha value is -0.990. The molecule has 1 aromatic heterocycles. The minimum Gasteiger partial charge on any atom is -0.384 e. The maximum absolute atomic E-state index is 6.40. The number of hydrogen-bond donors (Lipinski definition) is 1. The van der Waals surface area contributed by atoms with Gasteiger partial charge in [-0.3, -0.25) is 0 Å². The summed E-state index contributed by atoms with van der Waals surface area (Å²) in [4.78, 5) is 4.88. The van der Waals surface area contributed by atoms with Crippen molar-refractivity contribution in [3.63, 3.8) is 0 Å². The molecular formula is C16H29N3. The number of imidazole rings is 1. The van der Waals surface area contributed by atoms with Gasteiger partial charge in [0.2, 0.25) is 0 Å². The number of hydrogen-bond acceptors (Lipinski definition) is 2. The second kappa shape index (κ2) is 6.97. The molecule has 108 valence electrons. The van der Waals surface area contributed by atoms with E-state index in [1.807, 2.05) is 0 Å². The van der Waals surface area contributed by atoms with Crippen LogP contribution in [0.2, 0.25) is 0 Å². The molecule has 1 heterocycles. The van der Waals surface area contributed by atoms with E-state index in [-0.39, 0.29) is 0 Å². The van der Waals surface area contributed by atoms with Gasteiger partial charge in [-0.25, -0.2) is 4.98 Å². The molecule has 0 aliphatic heterocycles. The Morgan fingerprint density at radius 2 is 1.84 bits per heavy atom. The van der Waals surface area contributed by atoms with E-state index >= 15 is 0 Å². The molecule has 0 bridgehead atoms. The number of anilines is 1. The van der Waals surface area contributed by atoms with Gasteiger partial charge in [0.25, 0.3) is 0 Å². The lowest BCUT2D eigenvalue weighted by molar-refractivity contribution is 0.580. The van der Waals surface area contributed by atoms with Crippen molar-refractivity contribution < 1.29 is 0 Å². The van der Waals surface area contributed by atoms with Gasteiger partial charge in [-0.1, -0.05) is 46.0 Å². The summed E-state index contributed by atoms with van der Waals surface area (Å²) in [6, 6.07) is 0. The summed E-state index contributed by atoms with van der Waals surface area (Å²) in [5.41, 5.74) is 7.61. The van der Waals surface area contributed by atoms with E-state index in [1.54, 1.807) is 0 Å². The molecule has 2 rings (SSSR count). The highest BCUT2D eigenvalue weighted by atomic mass is 15.1. The van der Waals surface area contributed by atoms with Crippen LogP contribution in [0, 0.1) is 0 Å². The van der Waals surface area contributed by atoms with Crippen molar-refractivity contribution in [3.8, 4) is 0 Å². The monoisotopic (exact) mass is 263 g/mol. The van der Waals surface area contributed by atoms with Gasteiger partial charge in [0.05, 0.1) is 5.69 Å². The number of nitrogens with two attached hydrogens (primary N) is 1. The lowest BCUT2D eigenvalue weighted by Crippen LogP contribution is -2.08. The van der Waals surface area contributed by atoms with E-state index in [0.717, 1.165) is 18.8 Å². The van der Waals surface area contributed by atoms with Crippen molar-refractivity contribution in [2.75, 3.05) is 5.73 Å². The van der Waals surface area contributed by atoms with Gasteiger partial charge in [-0.2, -0.15) is 0 Å². The molecule has 0 saturated heterocycles. The van der Waals surface area contributed by atoms with Gasteiger partial charge < -0.3 is 10.3 Å². The smallest absolute Gasteiger partial charge is 0.127 e. The van der Waals surface area contributed by atoms with Crippen LogP contribution in [0.5, 0.6) is 0 Å². The number of aryl methyl sites for hydroxylation is 1. The van der Waals surface area contributed by atoms with Crippen molar-refractivity contribution in [2.45, 2.75) is 84.1 Å². The largest absolute Gasteiger partial charge is 0.384 e. The molecule has 19 heavy (non-hydrogen) atoms. The maximum atomic E-state index is 6.40. The fraction of sp³-hybridized carbons (Fsp3) is 0.812. The van der Waals surface area contributed by atoms with E-state index in [2.05, 4.69) is 18.4 Å². The van der Waals surface area contributed by atoms with Gasteiger partial charge in [0.15, 0.2) is 0 Å². The maximum Gasteiger partial charge on any atom is 0.127 e. The van der Waals surface area contributed by atoms with E-state index in [4.69, 9.17) is 10.7 Å². The third kappa shape index (κ3) is 3.31. The minimum absolute atomic E-state index is 0.607. The van der Waals surface area contributed by atoms with Crippen molar-refractivity contribution >= 4 is 5.82 Å². The Morgan fingerprint density at radius 3 is 2.42 bits per heavy atom. The second-order valence-corrected chi connectivity index (χ2v) is 5.85. The number of nitrogen functional groups attached to an aromatic ring is 1.